The van der Waals surface area contributed by atoms with Crippen molar-refractivity contribution in [1.82, 2.24) is 9.55 Å². The van der Waals surface area contributed by atoms with Crippen LogP contribution in [0.25, 0.3) is 0 Å². The van der Waals surface area contributed by atoms with Crippen LogP contribution in [0.2, 0.25) is 5.02 Å². The summed E-state index contributed by atoms with van der Waals surface area (Å²) < 4.78 is 6.93. The number of halogens is 1. The predicted molar refractivity (Wildman–Crippen MR) is 97.9 cm³/mol. The average molecular weight is 367 g/mol. The zero-order valence-electron chi connectivity index (χ0n) is 14.5. The third-order valence-electron chi connectivity index (χ3n) is 3.68. The highest BCUT2D eigenvalue weighted by Crippen LogP contribution is 2.36. The predicted octanol–water partition coefficient (Wildman–Crippen LogP) is 4.94. The Bertz CT molecular complexity index is 713. The Kier molecular flexibility index (Phi) is 6.75. The topological polar surface area (TPSA) is 44.1 Å². The van der Waals surface area contributed by atoms with Crippen LogP contribution in [0.4, 0.5) is 0 Å². The molecule has 0 aliphatic rings. The summed E-state index contributed by atoms with van der Waals surface area (Å²) in [6.45, 7) is 7.16. The number of imidazole rings is 1. The Morgan fingerprint density at radius 2 is 2.17 bits per heavy atom. The van der Waals surface area contributed by atoms with Crippen molar-refractivity contribution in [3.05, 3.63) is 40.8 Å². The third-order valence-corrected chi connectivity index (χ3v) is 5.03. The number of rotatable bonds is 7. The van der Waals surface area contributed by atoms with Crippen LogP contribution in [-0.2, 0) is 22.5 Å². The van der Waals surface area contributed by atoms with Gasteiger partial charge in [0.1, 0.15) is 10.9 Å². The van der Waals surface area contributed by atoms with Gasteiger partial charge in [-0.25, -0.2) is 4.98 Å². The molecule has 0 fully saturated rings. The van der Waals surface area contributed by atoms with Crippen molar-refractivity contribution < 1.29 is 9.53 Å². The zero-order valence-corrected chi connectivity index (χ0v) is 16.1. The van der Waals surface area contributed by atoms with Gasteiger partial charge in [-0.05, 0) is 31.0 Å². The van der Waals surface area contributed by atoms with Gasteiger partial charge in [-0.3, -0.25) is 4.79 Å². The molecule has 1 aromatic carbocycles. The molecular weight excluding hydrogens is 344 g/mol. The van der Waals surface area contributed by atoms with Crippen molar-refractivity contribution in [3.8, 4) is 0 Å². The van der Waals surface area contributed by atoms with E-state index in [1.807, 2.05) is 24.3 Å². The Labute approximate surface area is 152 Å². The second-order valence-corrected chi connectivity index (χ2v) is 7.25. The maximum atomic E-state index is 11.5. The van der Waals surface area contributed by atoms with Gasteiger partial charge in [0, 0.05) is 22.9 Å². The number of aromatic nitrogens is 2. The minimum absolute atomic E-state index is 0.212. The van der Waals surface area contributed by atoms with Crippen molar-refractivity contribution in [2.45, 2.75) is 56.0 Å². The van der Waals surface area contributed by atoms with E-state index < -0.39 is 0 Å². The number of methoxy groups -OCH3 is 1. The van der Waals surface area contributed by atoms with Gasteiger partial charge in [0.15, 0.2) is 0 Å². The monoisotopic (exact) mass is 366 g/mol. The van der Waals surface area contributed by atoms with Gasteiger partial charge in [0.25, 0.3) is 0 Å². The molecule has 130 valence electrons. The quantitative estimate of drug-likeness (QED) is 0.651. The smallest absolute Gasteiger partial charge is 0.305 e. The summed E-state index contributed by atoms with van der Waals surface area (Å²) in [5.41, 5.74) is 1.06. The standard InChI is InChI=1S/C18H23ClN2O2S/c1-5-21-15(9-10-16(22)23-4)20-17(12(2)3)18(21)24-14-8-6-7-13(19)11-14/h6-8,11-12H,5,9-10H2,1-4H3. The molecule has 0 spiro atoms. The van der Waals surface area contributed by atoms with Gasteiger partial charge in [0.05, 0.1) is 19.2 Å². The molecule has 1 heterocycles. The average Bonchev–Trinajstić information content (AvgIpc) is 2.90. The van der Waals surface area contributed by atoms with Crippen molar-refractivity contribution in [2.75, 3.05) is 7.11 Å². The lowest BCUT2D eigenvalue weighted by Crippen LogP contribution is -2.07. The summed E-state index contributed by atoms with van der Waals surface area (Å²) in [7, 11) is 1.41. The first-order valence-corrected chi connectivity index (χ1v) is 9.25. The van der Waals surface area contributed by atoms with E-state index >= 15 is 0 Å². The van der Waals surface area contributed by atoms with Crippen LogP contribution < -0.4 is 0 Å². The molecule has 2 rings (SSSR count). The van der Waals surface area contributed by atoms with Crippen LogP contribution in [0.5, 0.6) is 0 Å². The molecule has 1 aromatic heterocycles. The highest BCUT2D eigenvalue weighted by Gasteiger charge is 2.20. The summed E-state index contributed by atoms with van der Waals surface area (Å²) in [6.07, 6.45) is 0.919. The van der Waals surface area contributed by atoms with Gasteiger partial charge in [0.2, 0.25) is 0 Å². The Balaban J connectivity index is 2.36. The number of ether oxygens (including phenoxy) is 1. The largest absolute Gasteiger partial charge is 0.469 e. The Hall–Kier alpha value is -1.46. The Morgan fingerprint density at radius 1 is 1.42 bits per heavy atom. The van der Waals surface area contributed by atoms with Crippen molar-refractivity contribution in [2.24, 2.45) is 0 Å². The van der Waals surface area contributed by atoms with Crippen molar-refractivity contribution in [3.63, 3.8) is 0 Å². The lowest BCUT2D eigenvalue weighted by Gasteiger charge is -2.11. The number of esters is 1. The number of carbonyl (C=O) groups excluding carboxylic acids is 1. The van der Waals surface area contributed by atoms with Crippen LogP contribution in [0.15, 0.2) is 34.2 Å². The highest BCUT2D eigenvalue weighted by atomic mass is 35.5. The van der Waals surface area contributed by atoms with E-state index in [0.717, 1.165) is 33.0 Å². The molecule has 0 bridgehead atoms. The second-order valence-electron chi connectivity index (χ2n) is 5.75. The lowest BCUT2D eigenvalue weighted by atomic mass is 10.1. The molecule has 4 nitrogen and oxygen atoms in total. The van der Waals surface area contributed by atoms with E-state index in [2.05, 4.69) is 25.3 Å². The maximum absolute atomic E-state index is 11.5. The SMILES string of the molecule is CCn1c(CCC(=O)OC)nc(C(C)C)c1Sc1cccc(Cl)c1. The molecule has 0 N–H and O–H groups in total. The minimum atomic E-state index is -0.212. The molecular formula is C18H23ClN2O2S. The summed E-state index contributed by atoms with van der Waals surface area (Å²) in [4.78, 5) is 17.3. The maximum Gasteiger partial charge on any atom is 0.305 e. The first-order chi connectivity index (χ1) is 11.5. The molecule has 0 saturated heterocycles. The highest BCUT2D eigenvalue weighted by molar-refractivity contribution is 7.99. The van der Waals surface area contributed by atoms with E-state index in [1.165, 1.54) is 7.11 Å². The van der Waals surface area contributed by atoms with Gasteiger partial charge in [-0.1, -0.05) is 43.3 Å². The molecule has 24 heavy (non-hydrogen) atoms. The molecule has 2 aromatic rings. The molecule has 0 aliphatic carbocycles. The molecule has 0 radical (unpaired) electrons. The number of benzene rings is 1. The molecule has 0 amide bonds. The van der Waals surface area contributed by atoms with E-state index in [0.29, 0.717) is 18.8 Å². The summed E-state index contributed by atoms with van der Waals surface area (Å²) in [5.74, 6) is 1.02. The van der Waals surface area contributed by atoms with Crippen molar-refractivity contribution >= 4 is 29.3 Å². The van der Waals surface area contributed by atoms with E-state index in [4.69, 9.17) is 21.3 Å². The van der Waals surface area contributed by atoms with Crippen molar-refractivity contribution in [1.29, 1.82) is 0 Å². The molecule has 0 atom stereocenters. The van der Waals surface area contributed by atoms with Crippen LogP contribution >= 0.6 is 23.4 Å². The van der Waals surface area contributed by atoms with Crippen LogP contribution in [-0.4, -0.2) is 22.6 Å². The fraction of sp³-hybridized carbons (Fsp3) is 0.444. The first-order valence-electron chi connectivity index (χ1n) is 8.05. The summed E-state index contributed by atoms with van der Waals surface area (Å²) in [5, 5.41) is 1.84. The fourth-order valence-electron chi connectivity index (χ4n) is 2.46. The zero-order chi connectivity index (χ0) is 17.7. The number of carbonyl (C=O) groups is 1. The van der Waals surface area contributed by atoms with E-state index in [-0.39, 0.29) is 5.97 Å². The fourth-order valence-corrected chi connectivity index (χ4v) is 4.00. The van der Waals surface area contributed by atoms with E-state index in [9.17, 15) is 4.79 Å². The summed E-state index contributed by atoms with van der Waals surface area (Å²) >= 11 is 7.77. The number of nitrogens with zero attached hydrogens (tertiary/aromatic N) is 2. The minimum Gasteiger partial charge on any atom is -0.469 e. The second kappa shape index (κ2) is 8.58. The van der Waals surface area contributed by atoms with Gasteiger partial charge in [-0.2, -0.15) is 0 Å². The summed E-state index contributed by atoms with van der Waals surface area (Å²) in [6, 6.07) is 7.82. The molecule has 0 saturated carbocycles. The van der Waals surface area contributed by atoms with Crippen LogP contribution in [0.3, 0.4) is 0 Å². The van der Waals surface area contributed by atoms with E-state index in [1.54, 1.807) is 11.8 Å². The normalized spacial score (nSPS) is 11.1. The third kappa shape index (κ3) is 4.54. The Morgan fingerprint density at radius 3 is 2.75 bits per heavy atom. The number of hydrogen-bond donors (Lipinski definition) is 0. The number of aryl methyl sites for hydroxylation is 1. The molecule has 0 aliphatic heterocycles. The molecule has 6 heteroatoms. The van der Waals surface area contributed by atoms with Gasteiger partial charge in [-0.15, -0.1) is 0 Å². The number of hydrogen-bond acceptors (Lipinski definition) is 4. The van der Waals surface area contributed by atoms with Gasteiger partial charge < -0.3 is 9.30 Å². The molecule has 0 unspecified atom stereocenters. The lowest BCUT2D eigenvalue weighted by molar-refractivity contribution is -0.140. The van der Waals surface area contributed by atoms with Gasteiger partial charge >= 0.3 is 5.97 Å². The van der Waals surface area contributed by atoms with Crippen LogP contribution in [0.1, 0.15) is 44.6 Å². The van der Waals surface area contributed by atoms with Crippen LogP contribution in [0, 0.1) is 0 Å². The first kappa shape index (κ1) is 18.9.